The van der Waals surface area contributed by atoms with Gasteiger partial charge < -0.3 is 15.4 Å². The second kappa shape index (κ2) is 10.9. The molecular formula is C13H29N3O3S. The molecule has 2 N–H and O–H groups in total. The van der Waals surface area contributed by atoms with Crippen LogP contribution < -0.4 is 10.6 Å². The summed E-state index contributed by atoms with van der Waals surface area (Å²) in [4.78, 5) is 4.06. The van der Waals surface area contributed by atoms with Crippen LogP contribution in [0.25, 0.3) is 0 Å². The molecule has 0 amide bonds. The van der Waals surface area contributed by atoms with Crippen molar-refractivity contribution in [2.45, 2.75) is 26.7 Å². The summed E-state index contributed by atoms with van der Waals surface area (Å²) < 4.78 is 27.4. The van der Waals surface area contributed by atoms with Gasteiger partial charge in [-0.25, -0.2) is 8.42 Å². The van der Waals surface area contributed by atoms with Gasteiger partial charge in [0.25, 0.3) is 0 Å². The van der Waals surface area contributed by atoms with Crippen molar-refractivity contribution in [2.24, 2.45) is 10.9 Å². The standard InChI is InChI=1S/C13H29N3O3S/c1-12(2)6-9-19-10-8-16-13(14-3)15-7-5-11-20(4,17)18/h12H,5-11H2,1-4H3,(H2,14,15,16). The molecule has 0 saturated carbocycles. The van der Waals surface area contributed by atoms with Gasteiger partial charge in [-0.3, -0.25) is 4.99 Å². The van der Waals surface area contributed by atoms with Crippen molar-refractivity contribution in [3.8, 4) is 0 Å². The monoisotopic (exact) mass is 307 g/mol. The number of nitrogens with one attached hydrogen (secondary N) is 2. The number of ether oxygens (including phenoxy) is 1. The Morgan fingerprint density at radius 3 is 2.40 bits per heavy atom. The zero-order valence-corrected chi connectivity index (χ0v) is 13.9. The molecule has 7 heteroatoms. The molecule has 0 spiro atoms. The van der Waals surface area contributed by atoms with Gasteiger partial charge in [-0.05, 0) is 18.8 Å². The first-order valence-corrected chi connectivity index (χ1v) is 9.11. The molecule has 0 bridgehead atoms. The molecule has 0 aliphatic rings. The highest BCUT2D eigenvalue weighted by Gasteiger charge is 2.02. The van der Waals surface area contributed by atoms with Crippen molar-refractivity contribution in [3.63, 3.8) is 0 Å². The molecule has 0 aromatic heterocycles. The van der Waals surface area contributed by atoms with E-state index >= 15 is 0 Å². The molecule has 0 fully saturated rings. The Labute approximate surface area is 123 Å². The number of hydrogen-bond donors (Lipinski definition) is 2. The quantitative estimate of drug-likeness (QED) is 0.352. The first kappa shape index (κ1) is 19.2. The smallest absolute Gasteiger partial charge is 0.191 e. The highest BCUT2D eigenvalue weighted by atomic mass is 32.2. The van der Waals surface area contributed by atoms with Crippen molar-refractivity contribution in [1.29, 1.82) is 0 Å². The highest BCUT2D eigenvalue weighted by molar-refractivity contribution is 7.90. The lowest BCUT2D eigenvalue weighted by Crippen LogP contribution is -2.39. The van der Waals surface area contributed by atoms with E-state index in [9.17, 15) is 8.42 Å². The van der Waals surface area contributed by atoms with Crippen LogP contribution in [0, 0.1) is 5.92 Å². The first-order chi connectivity index (χ1) is 9.35. The molecule has 0 heterocycles. The Hall–Kier alpha value is -0.820. The third kappa shape index (κ3) is 13.6. The molecular weight excluding hydrogens is 278 g/mol. The van der Waals surface area contributed by atoms with Gasteiger partial charge in [0.15, 0.2) is 5.96 Å². The van der Waals surface area contributed by atoms with Crippen LogP contribution in [-0.2, 0) is 14.6 Å². The van der Waals surface area contributed by atoms with E-state index in [1.807, 2.05) is 0 Å². The van der Waals surface area contributed by atoms with Crippen LogP contribution in [0.2, 0.25) is 0 Å². The average molecular weight is 307 g/mol. The fourth-order valence-electron chi connectivity index (χ4n) is 1.42. The van der Waals surface area contributed by atoms with Crippen molar-refractivity contribution in [3.05, 3.63) is 0 Å². The number of sulfone groups is 1. The topological polar surface area (TPSA) is 79.8 Å². The summed E-state index contributed by atoms with van der Waals surface area (Å²) in [6.45, 7) is 7.02. The highest BCUT2D eigenvalue weighted by Crippen LogP contribution is 1.98. The summed E-state index contributed by atoms with van der Waals surface area (Å²) in [5.41, 5.74) is 0. The molecule has 6 nitrogen and oxygen atoms in total. The minimum Gasteiger partial charge on any atom is -0.380 e. The van der Waals surface area contributed by atoms with Crippen LogP contribution in [0.4, 0.5) is 0 Å². The van der Waals surface area contributed by atoms with E-state index in [1.165, 1.54) is 6.26 Å². The lowest BCUT2D eigenvalue weighted by Gasteiger charge is -2.12. The van der Waals surface area contributed by atoms with E-state index in [0.29, 0.717) is 38.0 Å². The summed E-state index contributed by atoms with van der Waals surface area (Å²) in [5.74, 6) is 1.52. The zero-order valence-electron chi connectivity index (χ0n) is 13.1. The Morgan fingerprint density at radius 1 is 1.20 bits per heavy atom. The van der Waals surface area contributed by atoms with Crippen molar-refractivity contribution in [2.75, 3.05) is 45.4 Å². The molecule has 0 aromatic carbocycles. The third-order valence-electron chi connectivity index (χ3n) is 2.59. The van der Waals surface area contributed by atoms with Crippen LogP contribution in [0.15, 0.2) is 4.99 Å². The molecule has 0 radical (unpaired) electrons. The van der Waals surface area contributed by atoms with Gasteiger partial charge in [0.1, 0.15) is 9.84 Å². The summed E-state index contributed by atoms with van der Waals surface area (Å²) in [5, 5.41) is 6.19. The molecule has 20 heavy (non-hydrogen) atoms. The summed E-state index contributed by atoms with van der Waals surface area (Å²) in [7, 11) is -1.20. The van der Waals surface area contributed by atoms with Crippen molar-refractivity contribution >= 4 is 15.8 Å². The largest absolute Gasteiger partial charge is 0.380 e. The van der Waals surface area contributed by atoms with E-state index in [0.717, 1.165) is 13.0 Å². The fourth-order valence-corrected chi connectivity index (χ4v) is 2.09. The lowest BCUT2D eigenvalue weighted by atomic mass is 10.1. The minimum atomic E-state index is -2.88. The normalized spacial score (nSPS) is 12.8. The summed E-state index contributed by atoms with van der Waals surface area (Å²) in [6, 6.07) is 0. The number of rotatable bonds is 10. The summed E-state index contributed by atoms with van der Waals surface area (Å²) in [6.07, 6.45) is 2.89. The van der Waals surface area contributed by atoms with E-state index in [2.05, 4.69) is 29.5 Å². The van der Waals surface area contributed by atoms with Crippen LogP contribution in [0.3, 0.4) is 0 Å². The molecule has 120 valence electrons. The third-order valence-corrected chi connectivity index (χ3v) is 3.62. The SMILES string of the molecule is CN=C(NCCCS(C)(=O)=O)NCCOCCC(C)C. The van der Waals surface area contributed by atoms with Gasteiger partial charge in [-0.2, -0.15) is 0 Å². The molecule has 0 aromatic rings. The molecule has 0 aliphatic heterocycles. The molecule has 0 aliphatic carbocycles. The Bertz CT molecular complexity index is 367. The lowest BCUT2D eigenvalue weighted by molar-refractivity contribution is 0.128. The average Bonchev–Trinajstić information content (AvgIpc) is 2.34. The van der Waals surface area contributed by atoms with Gasteiger partial charge in [0, 0.05) is 33.0 Å². The van der Waals surface area contributed by atoms with Gasteiger partial charge in [-0.15, -0.1) is 0 Å². The maximum atomic E-state index is 11.0. The van der Waals surface area contributed by atoms with Crippen molar-refractivity contribution < 1.29 is 13.2 Å². The van der Waals surface area contributed by atoms with Crippen LogP contribution >= 0.6 is 0 Å². The second-order valence-corrected chi connectivity index (χ2v) is 7.46. The van der Waals surface area contributed by atoms with E-state index < -0.39 is 9.84 Å². The number of guanidine groups is 1. The number of nitrogens with zero attached hydrogens (tertiary/aromatic N) is 1. The second-order valence-electron chi connectivity index (χ2n) is 5.20. The van der Waals surface area contributed by atoms with Crippen LogP contribution in [-0.4, -0.2) is 59.7 Å². The Kier molecular flexibility index (Phi) is 10.5. The van der Waals surface area contributed by atoms with Gasteiger partial charge in [0.2, 0.25) is 0 Å². The van der Waals surface area contributed by atoms with E-state index in [4.69, 9.17) is 4.74 Å². The molecule has 0 rings (SSSR count). The Balaban J connectivity index is 3.58. The minimum absolute atomic E-state index is 0.190. The molecule has 0 atom stereocenters. The first-order valence-electron chi connectivity index (χ1n) is 7.05. The van der Waals surface area contributed by atoms with Crippen molar-refractivity contribution in [1.82, 2.24) is 10.6 Å². The Morgan fingerprint density at radius 2 is 1.85 bits per heavy atom. The predicted octanol–water partition coefficient (Wildman–Crippen LogP) is 0.649. The van der Waals surface area contributed by atoms with E-state index in [-0.39, 0.29) is 5.75 Å². The summed E-state index contributed by atoms with van der Waals surface area (Å²) >= 11 is 0. The predicted molar refractivity (Wildman–Crippen MR) is 84.0 cm³/mol. The number of aliphatic imine (C=N–C) groups is 1. The van der Waals surface area contributed by atoms with Crippen LogP contribution in [0.5, 0.6) is 0 Å². The molecule has 0 unspecified atom stereocenters. The molecule has 0 saturated heterocycles. The maximum absolute atomic E-state index is 11.0. The maximum Gasteiger partial charge on any atom is 0.191 e. The van der Waals surface area contributed by atoms with Gasteiger partial charge in [0.05, 0.1) is 12.4 Å². The van der Waals surface area contributed by atoms with Gasteiger partial charge in [-0.1, -0.05) is 13.8 Å². The van der Waals surface area contributed by atoms with Gasteiger partial charge >= 0.3 is 0 Å². The zero-order chi connectivity index (χ0) is 15.4. The van der Waals surface area contributed by atoms with Crippen LogP contribution in [0.1, 0.15) is 26.7 Å². The van der Waals surface area contributed by atoms with E-state index in [1.54, 1.807) is 7.05 Å². The fraction of sp³-hybridized carbons (Fsp3) is 0.923. The number of hydrogen-bond acceptors (Lipinski definition) is 4.